The summed E-state index contributed by atoms with van der Waals surface area (Å²) in [5, 5.41) is 8.50. The third-order valence-corrected chi connectivity index (χ3v) is 1.80. The van der Waals surface area contributed by atoms with Crippen molar-refractivity contribution < 1.29 is 17.9 Å². The van der Waals surface area contributed by atoms with Crippen LogP contribution in [0.5, 0.6) is 5.75 Å². The van der Waals surface area contributed by atoms with Gasteiger partial charge in [-0.3, -0.25) is 4.98 Å². The average molecular weight is 246 g/mol. The van der Waals surface area contributed by atoms with Crippen LogP contribution < -0.4 is 16.2 Å². The molecule has 8 heteroatoms. The van der Waals surface area contributed by atoms with Crippen molar-refractivity contribution in [1.29, 1.82) is 5.26 Å². The average Bonchev–Trinajstić information content (AvgIpc) is 2.21. The predicted octanol–water partition coefficient (Wildman–Crippen LogP) is 1.09. The minimum Gasteiger partial charge on any atom is -0.402 e. The van der Waals surface area contributed by atoms with Crippen molar-refractivity contribution in [2.75, 3.05) is 5.73 Å². The summed E-state index contributed by atoms with van der Waals surface area (Å²) in [5.74, 6) is -0.642. The minimum atomic E-state index is -4.88. The summed E-state index contributed by atoms with van der Waals surface area (Å²) in [6.07, 6.45) is -5.23. The maximum atomic E-state index is 12.1. The van der Waals surface area contributed by atoms with Crippen LogP contribution in [0.15, 0.2) is 6.07 Å². The number of nitrogens with zero attached hydrogens (tertiary/aromatic N) is 2. The molecule has 0 aliphatic carbocycles. The van der Waals surface area contributed by atoms with Crippen molar-refractivity contribution in [3.8, 4) is 11.8 Å². The van der Waals surface area contributed by atoms with Crippen LogP contribution in [0.4, 0.5) is 18.9 Å². The largest absolute Gasteiger partial charge is 0.573 e. The smallest absolute Gasteiger partial charge is 0.402 e. The van der Waals surface area contributed by atoms with Gasteiger partial charge in [0.25, 0.3) is 0 Å². The Morgan fingerprint density at radius 2 is 2.12 bits per heavy atom. The van der Waals surface area contributed by atoms with Gasteiger partial charge in [0.05, 0.1) is 29.6 Å². The quantitative estimate of drug-likeness (QED) is 0.831. The third kappa shape index (κ3) is 3.49. The zero-order chi connectivity index (χ0) is 13.1. The number of ether oxygens (including phenoxy) is 1. The number of pyridine rings is 1. The number of alkyl halides is 3. The van der Waals surface area contributed by atoms with E-state index in [4.69, 9.17) is 16.7 Å². The Morgan fingerprint density at radius 3 is 2.59 bits per heavy atom. The van der Waals surface area contributed by atoms with E-state index in [0.717, 1.165) is 0 Å². The van der Waals surface area contributed by atoms with Gasteiger partial charge in [-0.05, 0) is 6.07 Å². The molecule has 92 valence electrons. The number of hydrogen-bond donors (Lipinski definition) is 2. The van der Waals surface area contributed by atoms with E-state index in [9.17, 15) is 13.2 Å². The molecular weight excluding hydrogens is 237 g/mol. The van der Waals surface area contributed by atoms with Crippen molar-refractivity contribution in [1.82, 2.24) is 4.98 Å². The van der Waals surface area contributed by atoms with E-state index < -0.39 is 12.1 Å². The van der Waals surface area contributed by atoms with Crippen LogP contribution in [0, 0.1) is 11.3 Å². The molecule has 0 aromatic carbocycles. The van der Waals surface area contributed by atoms with Gasteiger partial charge in [0.15, 0.2) is 5.75 Å². The van der Waals surface area contributed by atoms with Crippen LogP contribution in [0.1, 0.15) is 11.4 Å². The lowest BCUT2D eigenvalue weighted by Gasteiger charge is -2.14. The van der Waals surface area contributed by atoms with Crippen molar-refractivity contribution in [2.45, 2.75) is 19.3 Å². The molecule has 1 aromatic heterocycles. The zero-order valence-corrected chi connectivity index (χ0v) is 8.58. The van der Waals surface area contributed by atoms with Gasteiger partial charge in [-0.2, -0.15) is 5.26 Å². The molecule has 17 heavy (non-hydrogen) atoms. The Labute approximate surface area is 94.8 Å². The predicted molar refractivity (Wildman–Crippen MR) is 52.5 cm³/mol. The molecule has 0 spiro atoms. The highest BCUT2D eigenvalue weighted by Crippen LogP contribution is 2.31. The van der Waals surface area contributed by atoms with E-state index in [2.05, 4.69) is 9.72 Å². The second kappa shape index (κ2) is 4.88. The van der Waals surface area contributed by atoms with E-state index in [1.165, 1.54) is 6.07 Å². The number of nitriles is 1. The fourth-order valence-corrected chi connectivity index (χ4v) is 1.20. The topological polar surface area (TPSA) is 98.0 Å². The Balaban J connectivity index is 3.22. The second-order valence-electron chi connectivity index (χ2n) is 3.07. The van der Waals surface area contributed by atoms with E-state index in [-0.39, 0.29) is 24.3 Å². The molecule has 0 fully saturated rings. The molecule has 1 heterocycles. The summed E-state index contributed by atoms with van der Waals surface area (Å²) < 4.78 is 40.1. The number of nitrogens with two attached hydrogens (primary N) is 2. The van der Waals surface area contributed by atoms with Crippen molar-refractivity contribution in [3.63, 3.8) is 0 Å². The maximum absolute atomic E-state index is 12.1. The first kappa shape index (κ1) is 13.1. The first-order valence-corrected chi connectivity index (χ1v) is 4.48. The van der Waals surface area contributed by atoms with Gasteiger partial charge in [0.2, 0.25) is 0 Å². The summed E-state index contributed by atoms with van der Waals surface area (Å²) in [7, 11) is 0. The molecule has 0 aliphatic rings. The second-order valence-corrected chi connectivity index (χ2v) is 3.07. The first-order valence-electron chi connectivity index (χ1n) is 4.48. The fourth-order valence-electron chi connectivity index (χ4n) is 1.20. The third-order valence-electron chi connectivity index (χ3n) is 1.80. The minimum absolute atomic E-state index is 0.00886. The van der Waals surface area contributed by atoms with Gasteiger partial charge in [0.1, 0.15) is 0 Å². The van der Waals surface area contributed by atoms with E-state index >= 15 is 0 Å². The number of anilines is 1. The Bertz CT molecular complexity index is 453. The van der Waals surface area contributed by atoms with Gasteiger partial charge >= 0.3 is 6.36 Å². The van der Waals surface area contributed by atoms with Crippen LogP contribution in [-0.4, -0.2) is 11.3 Å². The SMILES string of the molecule is N#CCc1nc(CN)cc(N)c1OC(F)(F)F. The lowest BCUT2D eigenvalue weighted by Crippen LogP contribution is -2.20. The molecular formula is C9H9F3N4O. The molecule has 0 unspecified atom stereocenters. The van der Waals surface area contributed by atoms with Gasteiger partial charge in [-0.15, -0.1) is 13.2 Å². The fraction of sp³-hybridized carbons (Fsp3) is 0.333. The number of halogens is 3. The van der Waals surface area contributed by atoms with Crippen molar-refractivity contribution in [3.05, 3.63) is 17.5 Å². The van der Waals surface area contributed by atoms with Gasteiger partial charge < -0.3 is 16.2 Å². The van der Waals surface area contributed by atoms with Crippen LogP contribution >= 0.6 is 0 Å². The molecule has 0 amide bonds. The molecule has 0 saturated heterocycles. The van der Waals surface area contributed by atoms with Gasteiger partial charge in [-0.25, -0.2) is 0 Å². The van der Waals surface area contributed by atoms with Crippen LogP contribution in [0.25, 0.3) is 0 Å². The van der Waals surface area contributed by atoms with Crippen molar-refractivity contribution >= 4 is 5.69 Å². The molecule has 0 aliphatic heterocycles. The number of aromatic nitrogens is 1. The van der Waals surface area contributed by atoms with Crippen LogP contribution in [-0.2, 0) is 13.0 Å². The zero-order valence-electron chi connectivity index (χ0n) is 8.58. The molecule has 0 bridgehead atoms. The number of hydrogen-bond acceptors (Lipinski definition) is 5. The summed E-state index contributed by atoms with van der Waals surface area (Å²) >= 11 is 0. The van der Waals surface area contributed by atoms with E-state index in [1.807, 2.05) is 0 Å². The maximum Gasteiger partial charge on any atom is 0.573 e. The summed E-state index contributed by atoms with van der Waals surface area (Å²) in [6.45, 7) is 0.00886. The highest BCUT2D eigenvalue weighted by Gasteiger charge is 2.33. The first-order chi connectivity index (χ1) is 7.87. The molecule has 5 nitrogen and oxygen atoms in total. The highest BCUT2D eigenvalue weighted by molar-refractivity contribution is 5.56. The lowest BCUT2D eigenvalue weighted by molar-refractivity contribution is -0.274. The molecule has 0 radical (unpaired) electrons. The summed E-state index contributed by atoms with van der Waals surface area (Å²) in [4.78, 5) is 3.77. The Morgan fingerprint density at radius 1 is 1.47 bits per heavy atom. The number of nitrogen functional groups attached to an aromatic ring is 1. The van der Waals surface area contributed by atoms with Crippen LogP contribution in [0.2, 0.25) is 0 Å². The van der Waals surface area contributed by atoms with E-state index in [0.29, 0.717) is 5.69 Å². The van der Waals surface area contributed by atoms with Gasteiger partial charge in [-0.1, -0.05) is 0 Å². The highest BCUT2D eigenvalue weighted by atomic mass is 19.4. The standard InChI is InChI=1S/C9H9F3N4O/c10-9(11,12)17-8-6(15)3-5(4-14)16-7(8)1-2-13/h3H,1,4,14H2,(H2,15,16). The molecule has 0 saturated carbocycles. The molecule has 0 atom stereocenters. The van der Waals surface area contributed by atoms with E-state index in [1.54, 1.807) is 6.07 Å². The number of rotatable bonds is 3. The Kier molecular flexibility index (Phi) is 3.75. The molecule has 4 N–H and O–H groups in total. The summed E-state index contributed by atoms with van der Waals surface area (Å²) in [5.41, 5.74) is 10.6. The Hall–Kier alpha value is -2.01. The van der Waals surface area contributed by atoms with Gasteiger partial charge in [0, 0.05) is 6.54 Å². The summed E-state index contributed by atoms with van der Waals surface area (Å²) in [6, 6.07) is 2.86. The normalized spacial score (nSPS) is 11.0. The lowest BCUT2D eigenvalue weighted by atomic mass is 10.2. The molecule has 1 aromatic rings. The molecule has 1 rings (SSSR count). The van der Waals surface area contributed by atoms with Crippen LogP contribution in [0.3, 0.4) is 0 Å². The monoisotopic (exact) mass is 246 g/mol. The van der Waals surface area contributed by atoms with Crippen molar-refractivity contribution in [2.24, 2.45) is 5.73 Å².